The maximum Gasteiger partial charge on any atom is 0.573 e. The highest BCUT2D eigenvalue weighted by atomic mass is 19.4. The van der Waals surface area contributed by atoms with Gasteiger partial charge in [0.15, 0.2) is 5.75 Å². The summed E-state index contributed by atoms with van der Waals surface area (Å²) in [5, 5.41) is 17.9. The van der Waals surface area contributed by atoms with E-state index >= 15 is 0 Å². The van der Waals surface area contributed by atoms with Gasteiger partial charge < -0.3 is 29.9 Å². The van der Waals surface area contributed by atoms with Gasteiger partial charge in [-0.25, -0.2) is 0 Å². The average Bonchev–Trinajstić information content (AvgIpc) is 3.28. The zero-order valence-electron chi connectivity index (χ0n) is 19.9. The molecule has 12 heteroatoms. The van der Waals surface area contributed by atoms with E-state index in [1.54, 1.807) is 30.6 Å². The molecule has 0 radical (unpaired) electrons. The SMILES string of the molecule is CN(c1ccc(OCC2(C)NC=CN2)c([N+](=O)[O-])c1)C1CCN(c2ccc(OC(F)(F)F)cc2)CC1. The minimum Gasteiger partial charge on any atom is -0.482 e. The monoisotopic (exact) mass is 507 g/mol. The maximum atomic E-state index is 12.4. The first-order valence-electron chi connectivity index (χ1n) is 11.5. The summed E-state index contributed by atoms with van der Waals surface area (Å²) in [7, 11) is 1.91. The summed E-state index contributed by atoms with van der Waals surface area (Å²) < 4.78 is 46.8. The lowest BCUT2D eigenvalue weighted by Gasteiger charge is -2.39. The van der Waals surface area contributed by atoms with Gasteiger partial charge in [-0.05, 0) is 56.2 Å². The van der Waals surface area contributed by atoms with Gasteiger partial charge in [-0.15, -0.1) is 13.2 Å². The van der Waals surface area contributed by atoms with E-state index in [4.69, 9.17) is 4.74 Å². The lowest BCUT2D eigenvalue weighted by molar-refractivity contribution is -0.385. The molecule has 2 heterocycles. The molecule has 194 valence electrons. The van der Waals surface area contributed by atoms with E-state index < -0.39 is 16.9 Å². The summed E-state index contributed by atoms with van der Waals surface area (Å²) in [4.78, 5) is 15.4. The summed E-state index contributed by atoms with van der Waals surface area (Å²) in [5.41, 5.74) is 0.889. The van der Waals surface area contributed by atoms with E-state index in [2.05, 4.69) is 20.3 Å². The van der Waals surface area contributed by atoms with Crippen molar-refractivity contribution in [3.63, 3.8) is 0 Å². The zero-order valence-corrected chi connectivity index (χ0v) is 19.9. The first kappa shape index (κ1) is 25.3. The molecule has 0 aliphatic carbocycles. The quantitative estimate of drug-likeness (QED) is 0.402. The fourth-order valence-electron chi connectivity index (χ4n) is 4.37. The summed E-state index contributed by atoms with van der Waals surface area (Å²) in [6, 6.07) is 10.9. The van der Waals surface area contributed by atoms with Crippen LogP contribution in [0.4, 0.5) is 30.2 Å². The summed E-state index contributed by atoms with van der Waals surface area (Å²) >= 11 is 0. The van der Waals surface area contributed by atoms with Gasteiger partial charge in [0, 0.05) is 56.0 Å². The highest BCUT2D eigenvalue weighted by molar-refractivity contribution is 5.60. The Kier molecular flexibility index (Phi) is 7.04. The van der Waals surface area contributed by atoms with Gasteiger partial charge in [0.25, 0.3) is 0 Å². The van der Waals surface area contributed by atoms with Crippen LogP contribution < -0.4 is 29.9 Å². The van der Waals surface area contributed by atoms with Crippen molar-refractivity contribution in [1.29, 1.82) is 0 Å². The van der Waals surface area contributed by atoms with E-state index in [-0.39, 0.29) is 29.8 Å². The predicted octanol–water partition coefficient (Wildman–Crippen LogP) is 4.36. The first-order chi connectivity index (χ1) is 17.0. The topological polar surface area (TPSA) is 92.1 Å². The van der Waals surface area contributed by atoms with Crippen LogP contribution in [0, 0.1) is 10.1 Å². The van der Waals surface area contributed by atoms with Crippen LogP contribution >= 0.6 is 0 Å². The van der Waals surface area contributed by atoms with E-state index in [1.807, 2.05) is 24.9 Å². The number of hydrogen-bond donors (Lipinski definition) is 2. The second-order valence-corrected chi connectivity index (χ2v) is 9.02. The highest BCUT2D eigenvalue weighted by Crippen LogP contribution is 2.34. The number of nitro benzene ring substituents is 1. The molecule has 2 aliphatic rings. The number of benzene rings is 2. The van der Waals surface area contributed by atoms with Gasteiger partial charge >= 0.3 is 12.0 Å². The predicted molar refractivity (Wildman–Crippen MR) is 129 cm³/mol. The van der Waals surface area contributed by atoms with Gasteiger partial charge in [-0.2, -0.15) is 0 Å². The van der Waals surface area contributed by atoms with Gasteiger partial charge in [-0.1, -0.05) is 0 Å². The van der Waals surface area contributed by atoms with Crippen LogP contribution in [0.3, 0.4) is 0 Å². The number of halogens is 3. The molecule has 0 amide bonds. The van der Waals surface area contributed by atoms with Crippen molar-refractivity contribution in [1.82, 2.24) is 10.6 Å². The molecule has 2 N–H and O–H groups in total. The van der Waals surface area contributed by atoms with Crippen LogP contribution in [0.15, 0.2) is 54.9 Å². The fourth-order valence-corrected chi connectivity index (χ4v) is 4.37. The number of hydrogen-bond acceptors (Lipinski definition) is 8. The minimum atomic E-state index is -4.72. The van der Waals surface area contributed by atoms with Crippen LogP contribution in [-0.4, -0.2) is 49.7 Å². The lowest BCUT2D eigenvalue weighted by Crippen LogP contribution is -2.50. The molecule has 36 heavy (non-hydrogen) atoms. The molecular weight excluding hydrogens is 479 g/mol. The number of piperidine rings is 1. The number of ether oxygens (including phenoxy) is 2. The Bertz CT molecular complexity index is 1090. The van der Waals surface area contributed by atoms with Crippen LogP contribution in [-0.2, 0) is 0 Å². The third-order valence-corrected chi connectivity index (χ3v) is 6.40. The molecule has 0 spiro atoms. The standard InChI is InChI=1S/C24H28F3N5O4/c1-23(28-11-12-29-23)16-35-22-8-5-19(15-21(22)32(33)34)30(2)17-9-13-31(14-10-17)18-3-6-20(7-4-18)36-24(25,26)27/h3-8,11-12,15,17,28-29H,9-10,13-14,16H2,1-2H3. The largest absolute Gasteiger partial charge is 0.573 e. The second kappa shape index (κ2) is 10.0. The van der Waals surface area contributed by atoms with E-state index in [1.165, 1.54) is 18.2 Å². The molecule has 9 nitrogen and oxygen atoms in total. The Labute approximate surface area is 206 Å². The minimum absolute atomic E-state index is 0.104. The van der Waals surface area contributed by atoms with E-state index in [9.17, 15) is 23.3 Å². The van der Waals surface area contributed by atoms with E-state index in [0.29, 0.717) is 18.8 Å². The number of nitro groups is 1. The molecule has 0 saturated carbocycles. The van der Waals surface area contributed by atoms with Gasteiger partial charge in [0.05, 0.1) is 4.92 Å². The number of nitrogens with one attached hydrogen (secondary N) is 2. The van der Waals surface area contributed by atoms with E-state index in [0.717, 1.165) is 18.5 Å². The Morgan fingerprint density at radius 3 is 2.36 bits per heavy atom. The highest BCUT2D eigenvalue weighted by Gasteiger charge is 2.31. The zero-order chi connectivity index (χ0) is 25.9. The van der Waals surface area contributed by atoms with Crippen LogP contribution in [0.25, 0.3) is 0 Å². The molecule has 4 rings (SSSR count). The smallest absolute Gasteiger partial charge is 0.482 e. The normalized spacial score (nSPS) is 17.3. The first-order valence-corrected chi connectivity index (χ1v) is 11.5. The van der Waals surface area contributed by atoms with Crippen molar-refractivity contribution in [2.24, 2.45) is 0 Å². The van der Waals surface area contributed by atoms with Gasteiger partial charge in [0.1, 0.15) is 18.0 Å². The molecule has 1 fully saturated rings. The van der Waals surface area contributed by atoms with Crippen molar-refractivity contribution in [3.05, 3.63) is 65.0 Å². The number of anilines is 2. The van der Waals surface area contributed by atoms with Crippen molar-refractivity contribution in [2.45, 2.75) is 37.8 Å². The Hall–Kier alpha value is -3.83. The third-order valence-electron chi connectivity index (χ3n) is 6.40. The van der Waals surface area contributed by atoms with Gasteiger partial charge in [-0.3, -0.25) is 10.1 Å². The molecule has 2 aromatic carbocycles. The molecule has 1 saturated heterocycles. The third kappa shape index (κ3) is 6.04. The maximum absolute atomic E-state index is 12.4. The summed E-state index contributed by atoms with van der Waals surface area (Å²) in [6.45, 7) is 3.48. The van der Waals surface area contributed by atoms with Crippen molar-refractivity contribution in [2.75, 3.05) is 36.5 Å². The molecule has 2 aromatic rings. The van der Waals surface area contributed by atoms with Crippen LogP contribution in [0.2, 0.25) is 0 Å². The lowest BCUT2D eigenvalue weighted by atomic mass is 10.0. The molecule has 0 atom stereocenters. The Balaban J connectivity index is 1.36. The number of rotatable bonds is 8. The second-order valence-electron chi connectivity index (χ2n) is 9.02. The number of nitrogens with zero attached hydrogens (tertiary/aromatic N) is 3. The Morgan fingerprint density at radius 2 is 1.78 bits per heavy atom. The average molecular weight is 508 g/mol. The molecular formula is C24H28F3N5O4. The van der Waals surface area contributed by atoms with Crippen molar-refractivity contribution >= 4 is 17.1 Å². The summed E-state index contributed by atoms with van der Waals surface area (Å²) in [5.74, 6) is -0.0573. The number of alkyl halides is 3. The molecule has 0 aromatic heterocycles. The Morgan fingerprint density at radius 1 is 1.14 bits per heavy atom. The van der Waals surface area contributed by atoms with Crippen LogP contribution in [0.1, 0.15) is 19.8 Å². The molecule has 0 unspecified atom stereocenters. The summed E-state index contributed by atoms with van der Waals surface area (Å²) in [6.07, 6.45) is 0.346. The molecule has 2 aliphatic heterocycles. The fraction of sp³-hybridized carbons (Fsp3) is 0.417. The van der Waals surface area contributed by atoms with Crippen molar-refractivity contribution in [3.8, 4) is 11.5 Å². The van der Waals surface area contributed by atoms with Crippen molar-refractivity contribution < 1.29 is 27.6 Å². The van der Waals surface area contributed by atoms with Crippen LogP contribution in [0.5, 0.6) is 11.5 Å². The molecule has 0 bridgehead atoms. The van der Waals surface area contributed by atoms with Gasteiger partial charge in [0.2, 0.25) is 0 Å².